The molecule has 0 radical (unpaired) electrons. The van der Waals surface area contributed by atoms with Crippen LogP contribution in [0.2, 0.25) is 0 Å². The first-order chi connectivity index (χ1) is 8.40. The second-order valence-electron chi connectivity index (χ2n) is 4.22. The highest BCUT2D eigenvalue weighted by Crippen LogP contribution is 2.32. The molecular formula is C13H17F4N. The van der Waals surface area contributed by atoms with Gasteiger partial charge in [-0.15, -0.1) is 0 Å². The van der Waals surface area contributed by atoms with Crippen molar-refractivity contribution in [3.63, 3.8) is 0 Å². The molecule has 1 rings (SSSR count). The highest BCUT2D eigenvalue weighted by atomic mass is 19.4. The highest BCUT2D eigenvalue weighted by Gasteiger charge is 2.31. The van der Waals surface area contributed by atoms with Crippen molar-refractivity contribution in [3.8, 4) is 0 Å². The Morgan fingerprint density at radius 3 is 2.44 bits per heavy atom. The van der Waals surface area contributed by atoms with Gasteiger partial charge in [0.2, 0.25) is 0 Å². The third-order valence-electron chi connectivity index (χ3n) is 2.89. The summed E-state index contributed by atoms with van der Waals surface area (Å²) >= 11 is 0. The van der Waals surface area contributed by atoms with Crippen LogP contribution in [0.5, 0.6) is 0 Å². The summed E-state index contributed by atoms with van der Waals surface area (Å²) < 4.78 is 51.3. The molecule has 1 aromatic carbocycles. The Hall–Kier alpha value is -1.10. The van der Waals surface area contributed by atoms with Crippen molar-refractivity contribution in [3.05, 3.63) is 35.1 Å². The SMILES string of the molecule is CCCCC(NC)c1cc(C(F)(F)F)ccc1F. The van der Waals surface area contributed by atoms with Gasteiger partial charge in [-0.25, -0.2) is 4.39 Å². The summed E-state index contributed by atoms with van der Waals surface area (Å²) in [6, 6.07) is 2.17. The molecule has 0 heterocycles. The van der Waals surface area contributed by atoms with Gasteiger partial charge in [-0.05, 0) is 31.7 Å². The molecule has 1 N–H and O–H groups in total. The lowest BCUT2D eigenvalue weighted by atomic mass is 9.98. The molecule has 0 fully saturated rings. The van der Waals surface area contributed by atoms with E-state index in [9.17, 15) is 17.6 Å². The Morgan fingerprint density at radius 2 is 1.94 bits per heavy atom. The summed E-state index contributed by atoms with van der Waals surface area (Å²) in [5.74, 6) is -0.599. The standard InChI is InChI=1S/C13H17F4N/c1-3-4-5-12(18-2)10-8-9(13(15,16)17)6-7-11(10)14/h6-8,12,18H,3-5H2,1-2H3. The molecule has 0 aliphatic heterocycles. The number of unbranched alkanes of at least 4 members (excludes halogenated alkanes) is 1. The molecule has 0 bridgehead atoms. The number of nitrogens with one attached hydrogen (secondary N) is 1. The lowest BCUT2D eigenvalue weighted by Crippen LogP contribution is -2.19. The van der Waals surface area contributed by atoms with Crippen LogP contribution in [0.3, 0.4) is 0 Å². The van der Waals surface area contributed by atoms with E-state index in [1.807, 2.05) is 6.92 Å². The van der Waals surface area contributed by atoms with Crippen LogP contribution in [0.4, 0.5) is 17.6 Å². The summed E-state index contributed by atoms with van der Waals surface area (Å²) in [5, 5.41) is 2.87. The fourth-order valence-electron chi connectivity index (χ4n) is 1.85. The maximum atomic E-state index is 13.6. The quantitative estimate of drug-likeness (QED) is 0.781. The molecular weight excluding hydrogens is 246 g/mol. The highest BCUT2D eigenvalue weighted by molar-refractivity contribution is 5.29. The predicted octanol–water partition coefficient (Wildman–Crippen LogP) is 4.30. The molecule has 0 spiro atoms. The van der Waals surface area contributed by atoms with Crippen LogP contribution >= 0.6 is 0 Å². The van der Waals surface area contributed by atoms with E-state index in [0.29, 0.717) is 6.42 Å². The normalized spacial score (nSPS) is 13.7. The second kappa shape index (κ2) is 6.18. The minimum Gasteiger partial charge on any atom is -0.313 e. The Balaban J connectivity index is 3.05. The minimum absolute atomic E-state index is 0.0841. The van der Waals surface area contributed by atoms with Crippen LogP contribution in [0.15, 0.2) is 18.2 Å². The number of hydrogen-bond acceptors (Lipinski definition) is 1. The van der Waals surface area contributed by atoms with Crippen molar-refractivity contribution in [1.29, 1.82) is 0 Å². The van der Waals surface area contributed by atoms with E-state index in [1.165, 1.54) is 0 Å². The van der Waals surface area contributed by atoms with Crippen molar-refractivity contribution in [2.24, 2.45) is 0 Å². The van der Waals surface area contributed by atoms with Gasteiger partial charge in [-0.1, -0.05) is 19.8 Å². The first-order valence-electron chi connectivity index (χ1n) is 5.94. The molecule has 5 heteroatoms. The minimum atomic E-state index is -4.44. The van der Waals surface area contributed by atoms with Gasteiger partial charge in [-0.3, -0.25) is 0 Å². The van der Waals surface area contributed by atoms with Crippen LogP contribution < -0.4 is 5.32 Å². The van der Waals surface area contributed by atoms with Crippen LogP contribution in [0, 0.1) is 5.82 Å². The van der Waals surface area contributed by atoms with E-state index in [-0.39, 0.29) is 11.6 Å². The van der Waals surface area contributed by atoms with Gasteiger partial charge in [0.25, 0.3) is 0 Å². The third-order valence-corrected chi connectivity index (χ3v) is 2.89. The Kier molecular flexibility index (Phi) is 5.14. The monoisotopic (exact) mass is 263 g/mol. The molecule has 0 aliphatic carbocycles. The topological polar surface area (TPSA) is 12.0 Å². The summed E-state index contributed by atoms with van der Waals surface area (Å²) in [6.45, 7) is 1.98. The summed E-state index contributed by atoms with van der Waals surface area (Å²) in [4.78, 5) is 0. The van der Waals surface area contributed by atoms with Crippen LogP contribution in [-0.2, 0) is 6.18 Å². The Labute approximate surface area is 104 Å². The van der Waals surface area contributed by atoms with E-state index in [4.69, 9.17) is 0 Å². The molecule has 1 unspecified atom stereocenters. The zero-order valence-corrected chi connectivity index (χ0v) is 10.4. The molecule has 0 aromatic heterocycles. The molecule has 0 saturated heterocycles. The zero-order chi connectivity index (χ0) is 13.8. The molecule has 0 amide bonds. The van der Waals surface area contributed by atoms with E-state index in [2.05, 4.69) is 5.32 Å². The van der Waals surface area contributed by atoms with Crippen molar-refractivity contribution in [2.45, 2.75) is 38.4 Å². The van der Waals surface area contributed by atoms with Gasteiger partial charge >= 0.3 is 6.18 Å². The molecule has 1 aromatic rings. The van der Waals surface area contributed by atoms with Crippen LogP contribution in [0.25, 0.3) is 0 Å². The van der Waals surface area contributed by atoms with Gasteiger partial charge < -0.3 is 5.32 Å². The molecule has 0 aliphatic rings. The predicted molar refractivity (Wildman–Crippen MR) is 62.7 cm³/mol. The van der Waals surface area contributed by atoms with Crippen LogP contribution in [-0.4, -0.2) is 7.05 Å². The first-order valence-corrected chi connectivity index (χ1v) is 5.94. The lowest BCUT2D eigenvalue weighted by molar-refractivity contribution is -0.137. The second-order valence-corrected chi connectivity index (χ2v) is 4.22. The Bertz CT molecular complexity index is 387. The number of rotatable bonds is 5. The molecule has 1 atom stereocenters. The number of alkyl halides is 3. The van der Waals surface area contributed by atoms with Crippen LogP contribution in [0.1, 0.15) is 43.4 Å². The van der Waals surface area contributed by atoms with Crippen molar-refractivity contribution >= 4 is 0 Å². The van der Waals surface area contributed by atoms with Gasteiger partial charge in [0, 0.05) is 11.6 Å². The largest absolute Gasteiger partial charge is 0.416 e. The average Bonchev–Trinajstić information content (AvgIpc) is 2.30. The molecule has 18 heavy (non-hydrogen) atoms. The smallest absolute Gasteiger partial charge is 0.313 e. The van der Waals surface area contributed by atoms with E-state index in [1.54, 1.807) is 7.05 Å². The maximum absolute atomic E-state index is 13.6. The zero-order valence-electron chi connectivity index (χ0n) is 10.4. The van der Waals surface area contributed by atoms with Crippen molar-refractivity contribution in [2.75, 3.05) is 7.05 Å². The molecule has 1 nitrogen and oxygen atoms in total. The third kappa shape index (κ3) is 3.70. The van der Waals surface area contributed by atoms with Gasteiger partial charge in [0.1, 0.15) is 5.82 Å². The van der Waals surface area contributed by atoms with Crippen molar-refractivity contribution < 1.29 is 17.6 Å². The molecule has 0 saturated carbocycles. The van der Waals surface area contributed by atoms with Gasteiger partial charge in [0.15, 0.2) is 0 Å². The Morgan fingerprint density at radius 1 is 1.28 bits per heavy atom. The van der Waals surface area contributed by atoms with E-state index in [0.717, 1.165) is 31.0 Å². The summed E-state index contributed by atoms with van der Waals surface area (Å²) in [7, 11) is 1.63. The van der Waals surface area contributed by atoms with E-state index >= 15 is 0 Å². The first kappa shape index (κ1) is 15.0. The van der Waals surface area contributed by atoms with E-state index < -0.39 is 17.6 Å². The average molecular weight is 263 g/mol. The fourth-order valence-corrected chi connectivity index (χ4v) is 1.85. The lowest BCUT2D eigenvalue weighted by Gasteiger charge is -2.18. The van der Waals surface area contributed by atoms with Crippen molar-refractivity contribution in [1.82, 2.24) is 5.32 Å². The number of benzene rings is 1. The van der Waals surface area contributed by atoms with Gasteiger partial charge in [0.05, 0.1) is 5.56 Å². The number of halogens is 4. The number of hydrogen-bond donors (Lipinski definition) is 1. The summed E-state index contributed by atoms with van der Waals surface area (Å²) in [5.41, 5.74) is -0.726. The maximum Gasteiger partial charge on any atom is 0.416 e. The van der Waals surface area contributed by atoms with Gasteiger partial charge in [-0.2, -0.15) is 13.2 Å². The molecule has 102 valence electrons. The fraction of sp³-hybridized carbons (Fsp3) is 0.538. The summed E-state index contributed by atoms with van der Waals surface area (Å²) in [6.07, 6.45) is -2.07.